The summed E-state index contributed by atoms with van der Waals surface area (Å²) in [6.45, 7) is 1.56. The third-order valence-electron chi connectivity index (χ3n) is 14.5. The van der Waals surface area contributed by atoms with Crippen molar-refractivity contribution in [2.45, 2.75) is 127 Å². The van der Waals surface area contributed by atoms with Crippen molar-refractivity contribution in [2.24, 2.45) is 35.0 Å². The van der Waals surface area contributed by atoms with Crippen LogP contribution in [0.2, 0.25) is 0 Å². The first-order valence-electron chi connectivity index (χ1n) is 21.0. The van der Waals surface area contributed by atoms with Gasteiger partial charge in [0.15, 0.2) is 11.5 Å². The van der Waals surface area contributed by atoms with Gasteiger partial charge in [-0.05, 0) is 111 Å². The quantitative estimate of drug-likeness (QED) is 0.131. The summed E-state index contributed by atoms with van der Waals surface area (Å²) in [7, 11) is 5.52. The van der Waals surface area contributed by atoms with E-state index in [2.05, 4.69) is 53.0 Å². The highest BCUT2D eigenvalue weighted by Gasteiger charge is 2.56. The first-order valence-corrected chi connectivity index (χ1v) is 23.5. The molecule has 3 N–H and O–H groups in total. The summed E-state index contributed by atoms with van der Waals surface area (Å²) in [5, 5.41) is 34.0. The number of fused-ring (bicyclic) bond motifs is 4. The van der Waals surface area contributed by atoms with Gasteiger partial charge in [-0.15, -0.1) is 0 Å². The van der Waals surface area contributed by atoms with Crippen LogP contribution in [0.3, 0.4) is 0 Å². The molecule has 8 nitrogen and oxygen atoms in total. The molecule has 8 rings (SSSR count). The van der Waals surface area contributed by atoms with E-state index in [1.54, 1.807) is 0 Å². The number of carbonyl (C=O) groups is 1. The van der Waals surface area contributed by atoms with Crippen molar-refractivity contribution in [2.75, 3.05) is 31.8 Å². The van der Waals surface area contributed by atoms with Crippen molar-refractivity contribution in [1.82, 2.24) is 4.90 Å². The lowest BCUT2D eigenvalue weighted by molar-refractivity contribution is -0.134. The van der Waals surface area contributed by atoms with Crippen LogP contribution >= 0.6 is 21.6 Å². The number of ether oxygens (including phenoxy) is 3. The Balaban J connectivity index is 1.17. The van der Waals surface area contributed by atoms with Gasteiger partial charge in [0.25, 0.3) is 0 Å². The molecule has 10 heteroatoms. The fourth-order valence-corrected chi connectivity index (χ4v) is 14.8. The fraction of sp³-hybridized carbons (Fsp3) is 0.705. The van der Waals surface area contributed by atoms with E-state index in [1.807, 2.05) is 10.8 Å². The van der Waals surface area contributed by atoms with E-state index in [4.69, 9.17) is 14.2 Å². The van der Waals surface area contributed by atoms with Crippen LogP contribution in [0.4, 0.5) is 0 Å². The number of aryl methyl sites for hydroxylation is 1. The lowest BCUT2D eigenvalue weighted by Gasteiger charge is -2.52. The van der Waals surface area contributed by atoms with E-state index in [0.717, 1.165) is 50.0 Å². The molecule has 296 valence electrons. The summed E-state index contributed by atoms with van der Waals surface area (Å²) in [6, 6.07) is 9.44. The number of cyclic esters (lactones) is 1. The summed E-state index contributed by atoms with van der Waals surface area (Å²) >= 11 is 0. The number of piperidine rings is 1. The summed E-state index contributed by atoms with van der Waals surface area (Å²) in [6.07, 6.45) is 19.0. The predicted molar refractivity (Wildman–Crippen MR) is 214 cm³/mol. The fourth-order valence-electron chi connectivity index (χ4n) is 12.0. The number of aliphatic hydroxyl groups excluding tert-OH is 3. The van der Waals surface area contributed by atoms with Crippen molar-refractivity contribution in [3.05, 3.63) is 70.1 Å². The van der Waals surface area contributed by atoms with Gasteiger partial charge in [-0.25, -0.2) is 4.79 Å². The third-order valence-corrected chi connectivity index (χ3v) is 17.1. The third kappa shape index (κ3) is 7.34. The Labute approximate surface area is 329 Å². The topological polar surface area (TPSA) is 109 Å². The van der Waals surface area contributed by atoms with Crippen LogP contribution in [0, 0.1) is 35.0 Å². The van der Waals surface area contributed by atoms with Gasteiger partial charge in [-0.2, -0.15) is 0 Å². The number of rotatable bonds is 9. The molecule has 5 fully saturated rings. The molecule has 1 aromatic rings. The Kier molecular flexibility index (Phi) is 12.2. The monoisotopic (exact) mass is 779 g/mol. The van der Waals surface area contributed by atoms with Crippen LogP contribution in [0.25, 0.3) is 0 Å². The molecule has 1 aromatic carbocycles. The molecule has 9 atom stereocenters. The van der Waals surface area contributed by atoms with E-state index in [9.17, 15) is 20.1 Å². The molecule has 2 saturated carbocycles. The molecule has 1 spiro atoms. The highest BCUT2D eigenvalue weighted by molar-refractivity contribution is 8.76. The van der Waals surface area contributed by atoms with Crippen LogP contribution in [0.5, 0.6) is 0 Å². The number of hydrogen-bond donors (Lipinski definition) is 3. The van der Waals surface area contributed by atoms with E-state index < -0.39 is 24.6 Å². The first kappa shape index (κ1) is 38.9. The second-order valence-electron chi connectivity index (χ2n) is 17.4. The maximum Gasteiger partial charge on any atom is 0.345 e. The van der Waals surface area contributed by atoms with E-state index in [-0.39, 0.29) is 47.7 Å². The van der Waals surface area contributed by atoms with E-state index in [1.165, 1.54) is 81.8 Å². The minimum atomic E-state index is -0.650. The molecule has 7 aliphatic rings. The second kappa shape index (κ2) is 16.9. The molecule has 0 bridgehead atoms. The molecule has 3 saturated heterocycles. The predicted octanol–water partition coefficient (Wildman–Crippen LogP) is 7.72. The van der Waals surface area contributed by atoms with E-state index in [0.29, 0.717) is 28.9 Å². The lowest BCUT2D eigenvalue weighted by atomic mass is 9.69. The molecule has 5 aliphatic heterocycles. The SMILES string of the molecule is CCCCCc1cccc(C[C@@H]2C[C@@H]3[C@@H](O)C[C@@H]4[C@H](CCC45CCCC5)CSSC[C@H]4CC=C5OC(=C6OC(=O)C(CO)=C6OC)[C@@H](CO)[C@H]5[C@H](C2)N43)c1. The van der Waals surface area contributed by atoms with Gasteiger partial charge in [-0.3, -0.25) is 4.90 Å². The van der Waals surface area contributed by atoms with Crippen LogP contribution in [-0.4, -0.2) is 82.2 Å². The zero-order valence-electron chi connectivity index (χ0n) is 32.3. The number of hydrogen-bond acceptors (Lipinski definition) is 10. The minimum absolute atomic E-state index is 0.00147. The Hall–Kier alpha value is -1.95. The molecular formula is C44H61NO7S2. The number of nitrogens with zero attached hydrogens (tertiary/aromatic N) is 1. The second-order valence-corrected chi connectivity index (χ2v) is 20.0. The number of esters is 1. The maximum atomic E-state index is 12.8. The van der Waals surface area contributed by atoms with Gasteiger partial charge in [0.05, 0.1) is 32.3 Å². The van der Waals surface area contributed by atoms with Gasteiger partial charge < -0.3 is 29.5 Å². The number of benzene rings is 1. The Morgan fingerprint density at radius 2 is 1.80 bits per heavy atom. The van der Waals surface area contributed by atoms with Crippen molar-refractivity contribution >= 4 is 27.6 Å². The van der Waals surface area contributed by atoms with Crippen molar-refractivity contribution in [3.63, 3.8) is 0 Å². The van der Waals surface area contributed by atoms with Crippen LogP contribution in [0.15, 0.2) is 59.0 Å². The molecule has 5 heterocycles. The molecule has 0 unspecified atom stereocenters. The summed E-state index contributed by atoms with van der Waals surface area (Å²) in [5.41, 5.74) is 3.24. The van der Waals surface area contributed by atoms with Crippen molar-refractivity contribution in [3.8, 4) is 0 Å². The van der Waals surface area contributed by atoms with Crippen LogP contribution in [0.1, 0.15) is 102 Å². The number of unbranched alkanes of at least 4 members (excludes halogenated alkanes) is 2. The normalized spacial score (nSPS) is 36.5. The average Bonchev–Trinajstić information content (AvgIpc) is 3.94. The summed E-state index contributed by atoms with van der Waals surface area (Å²) < 4.78 is 18.0. The van der Waals surface area contributed by atoms with Gasteiger partial charge in [-0.1, -0.05) is 78.5 Å². The zero-order chi connectivity index (χ0) is 37.4. The highest BCUT2D eigenvalue weighted by Crippen LogP contribution is 2.60. The number of methoxy groups -OCH3 is 1. The Morgan fingerprint density at radius 3 is 2.57 bits per heavy atom. The molecule has 0 radical (unpaired) electrons. The Morgan fingerprint density at radius 1 is 1.00 bits per heavy atom. The van der Waals surface area contributed by atoms with Gasteiger partial charge in [0.2, 0.25) is 5.76 Å². The maximum absolute atomic E-state index is 12.8. The Bertz CT molecular complexity index is 1620. The van der Waals surface area contributed by atoms with E-state index >= 15 is 0 Å². The largest absolute Gasteiger partial charge is 0.492 e. The smallest absolute Gasteiger partial charge is 0.345 e. The van der Waals surface area contributed by atoms with Gasteiger partial charge in [0, 0.05) is 35.5 Å². The minimum Gasteiger partial charge on any atom is -0.492 e. The molecule has 0 aromatic heterocycles. The highest BCUT2D eigenvalue weighted by atomic mass is 33.1. The average molecular weight is 780 g/mol. The lowest BCUT2D eigenvalue weighted by Crippen LogP contribution is -2.61. The first-order chi connectivity index (χ1) is 26.4. The molecule has 0 amide bonds. The summed E-state index contributed by atoms with van der Waals surface area (Å²) in [5.74, 6) is 3.98. The zero-order valence-corrected chi connectivity index (χ0v) is 33.9. The van der Waals surface area contributed by atoms with Crippen LogP contribution in [-0.2, 0) is 31.8 Å². The molecule has 54 heavy (non-hydrogen) atoms. The standard InChI is InChI=1S/C44H61NO7S2/c1-3-4-5-9-27-10-8-11-28(18-27)19-29-20-35-37(48)22-34-30(14-17-44(34)15-6-7-16-44)25-53-54-26-31-12-13-38-39(36(21-29)45(31)35)32(23-46)41(51-38)42-40(50-2)33(24-47)43(49)52-42/h8,10-11,13,18,29-32,34-37,39,46-48H,3-7,9,12,14-17,19-26H2,1-2H3/t29-,30-,31-,32+,34-,35-,36+,37+,39+/m1/s1. The summed E-state index contributed by atoms with van der Waals surface area (Å²) in [4.78, 5) is 15.5. The number of carbonyl (C=O) groups excluding carboxylic acids is 1. The molecular weight excluding hydrogens is 719 g/mol. The number of aliphatic hydroxyl groups is 3. The van der Waals surface area contributed by atoms with Gasteiger partial charge >= 0.3 is 5.97 Å². The molecule has 2 aliphatic carbocycles. The van der Waals surface area contributed by atoms with Crippen molar-refractivity contribution in [1.29, 1.82) is 0 Å². The van der Waals surface area contributed by atoms with Crippen LogP contribution < -0.4 is 0 Å². The van der Waals surface area contributed by atoms with Gasteiger partial charge in [0.1, 0.15) is 11.3 Å². The van der Waals surface area contributed by atoms with Crippen molar-refractivity contribution < 1.29 is 34.3 Å².